The summed E-state index contributed by atoms with van der Waals surface area (Å²) in [5.74, 6) is -0.0905. The van der Waals surface area contributed by atoms with Gasteiger partial charge in [-0.3, -0.25) is 4.79 Å². The number of anilines is 1. The Morgan fingerprint density at radius 2 is 1.96 bits per heavy atom. The summed E-state index contributed by atoms with van der Waals surface area (Å²) in [6, 6.07) is 3.42. The first-order chi connectivity index (χ1) is 10.8. The molecule has 1 saturated carbocycles. The van der Waals surface area contributed by atoms with Crippen molar-refractivity contribution in [3.05, 3.63) is 23.8 Å². The van der Waals surface area contributed by atoms with Crippen LogP contribution in [0, 0.1) is 5.41 Å². The molecule has 1 N–H and O–H groups in total. The lowest BCUT2D eigenvalue weighted by atomic mass is 9.75. The number of hydrogen-bond acceptors (Lipinski definition) is 3. The Hall–Kier alpha value is -1.63. The quantitative estimate of drug-likeness (QED) is 0.812. The number of rotatable bonds is 2. The number of carbonyl (C=O) groups excluding carboxylic acids is 1. The average Bonchev–Trinajstić information content (AvgIpc) is 2.88. The molecule has 0 spiro atoms. The third kappa shape index (κ3) is 3.34. The number of halogens is 3. The lowest BCUT2D eigenvalue weighted by molar-refractivity contribution is -0.137. The van der Waals surface area contributed by atoms with Gasteiger partial charge in [0.1, 0.15) is 0 Å². The van der Waals surface area contributed by atoms with Crippen molar-refractivity contribution in [2.24, 2.45) is 5.41 Å². The molecule has 2 aromatic rings. The minimum atomic E-state index is -4.38. The van der Waals surface area contributed by atoms with Crippen LogP contribution < -0.4 is 5.32 Å². The molecule has 1 heterocycles. The summed E-state index contributed by atoms with van der Waals surface area (Å²) < 4.78 is 38.6. The number of thiazole rings is 1. The Kier molecular flexibility index (Phi) is 4.08. The highest BCUT2D eigenvalue weighted by Gasteiger charge is 2.35. The van der Waals surface area contributed by atoms with Crippen LogP contribution in [0.4, 0.5) is 18.3 Å². The van der Waals surface area contributed by atoms with Crippen LogP contribution in [-0.2, 0) is 11.0 Å². The van der Waals surface area contributed by atoms with E-state index in [4.69, 9.17) is 0 Å². The van der Waals surface area contributed by atoms with Crippen LogP contribution >= 0.6 is 11.3 Å². The Morgan fingerprint density at radius 3 is 2.61 bits per heavy atom. The monoisotopic (exact) mass is 342 g/mol. The third-order valence-corrected chi connectivity index (χ3v) is 5.38. The van der Waals surface area contributed by atoms with Crippen molar-refractivity contribution < 1.29 is 18.0 Å². The normalized spacial score (nSPS) is 18.1. The zero-order chi connectivity index (χ0) is 16.7. The Morgan fingerprint density at radius 1 is 1.26 bits per heavy atom. The first-order valence-corrected chi connectivity index (χ1v) is 8.39. The molecule has 0 unspecified atom stereocenters. The molecule has 1 amide bonds. The summed E-state index contributed by atoms with van der Waals surface area (Å²) in [4.78, 5) is 16.7. The van der Waals surface area contributed by atoms with Crippen LogP contribution in [0.2, 0.25) is 0 Å². The van der Waals surface area contributed by atoms with Gasteiger partial charge in [0.05, 0.1) is 15.8 Å². The van der Waals surface area contributed by atoms with Gasteiger partial charge in [-0.05, 0) is 31.0 Å². The van der Waals surface area contributed by atoms with Gasteiger partial charge in [0.2, 0.25) is 5.91 Å². The van der Waals surface area contributed by atoms with E-state index in [0.29, 0.717) is 15.3 Å². The number of amides is 1. The molecule has 7 heteroatoms. The highest BCUT2D eigenvalue weighted by atomic mass is 32.1. The van der Waals surface area contributed by atoms with Gasteiger partial charge in [0.25, 0.3) is 0 Å². The largest absolute Gasteiger partial charge is 0.416 e. The number of carbonyl (C=O) groups is 1. The molecule has 0 radical (unpaired) electrons. The molecule has 3 nitrogen and oxygen atoms in total. The number of benzene rings is 1. The second-order valence-electron chi connectivity index (χ2n) is 6.27. The van der Waals surface area contributed by atoms with Gasteiger partial charge >= 0.3 is 6.18 Å². The van der Waals surface area contributed by atoms with E-state index in [-0.39, 0.29) is 5.91 Å². The van der Waals surface area contributed by atoms with E-state index >= 15 is 0 Å². The van der Waals surface area contributed by atoms with Crippen LogP contribution in [0.3, 0.4) is 0 Å². The zero-order valence-electron chi connectivity index (χ0n) is 12.7. The minimum absolute atomic E-state index is 0.0905. The molecule has 1 aliphatic carbocycles. The van der Waals surface area contributed by atoms with E-state index in [1.807, 2.05) is 6.92 Å². The molecular weight excluding hydrogens is 325 g/mol. The molecule has 124 valence electrons. The molecule has 1 fully saturated rings. The average molecular weight is 342 g/mol. The molecule has 3 rings (SSSR count). The summed E-state index contributed by atoms with van der Waals surface area (Å²) >= 11 is 1.08. The summed E-state index contributed by atoms with van der Waals surface area (Å²) in [5, 5.41) is 3.14. The highest BCUT2D eigenvalue weighted by molar-refractivity contribution is 7.22. The number of fused-ring (bicyclic) bond motifs is 1. The summed E-state index contributed by atoms with van der Waals surface area (Å²) in [7, 11) is 0. The fourth-order valence-corrected chi connectivity index (χ4v) is 3.86. The zero-order valence-corrected chi connectivity index (χ0v) is 13.5. The molecule has 23 heavy (non-hydrogen) atoms. The fourth-order valence-electron chi connectivity index (χ4n) is 2.96. The van der Waals surface area contributed by atoms with E-state index in [1.54, 1.807) is 0 Å². The first kappa shape index (κ1) is 16.2. The van der Waals surface area contributed by atoms with Gasteiger partial charge in [-0.1, -0.05) is 37.5 Å². The maximum absolute atomic E-state index is 12.7. The van der Waals surface area contributed by atoms with Crippen molar-refractivity contribution in [3.8, 4) is 0 Å². The third-order valence-electron chi connectivity index (χ3n) is 4.44. The van der Waals surface area contributed by atoms with Gasteiger partial charge in [0.15, 0.2) is 5.13 Å². The Balaban J connectivity index is 1.82. The van der Waals surface area contributed by atoms with Gasteiger partial charge in [0, 0.05) is 5.41 Å². The number of aromatic nitrogens is 1. The van der Waals surface area contributed by atoms with Crippen molar-refractivity contribution in [2.45, 2.75) is 45.2 Å². The number of nitrogens with one attached hydrogen (secondary N) is 1. The smallest absolute Gasteiger partial charge is 0.301 e. The van der Waals surface area contributed by atoms with Gasteiger partial charge in [-0.15, -0.1) is 0 Å². The van der Waals surface area contributed by atoms with Crippen LogP contribution in [0.25, 0.3) is 10.2 Å². The van der Waals surface area contributed by atoms with Crippen molar-refractivity contribution >= 4 is 32.6 Å². The fraction of sp³-hybridized carbons (Fsp3) is 0.500. The molecule has 0 bridgehead atoms. The van der Waals surface area contributed by atoms with Crippen LogP contribution in [0.1, 0.15) is 44.6 Å². The second-order valence-corrected chi connectivity index (χ2v) is 7.31. The maximum atomic E-state index is 12.7. The van der Waals surface area contributed by atoms with E-state index in [9.17, 15) is 18.0 Å². The molecular formula is C16H17F3N2OS. The Labute approximate surface area is 135 Å². The lowest BCUT2D eigenvalue weighted by Crippen LogP contribution is -2.35. The number of hydrogen-bond donors (Lipinski definition) is 1. The second kappa shape index (κ2) is 5.78. The molecule has 0 saturated heterocycles. The predicted octanol–water partition coefficient (Wildman–Crippen LogP) is 5.22. The molecule has 1 aromatic heterocycles. The number of alkyl halides is 3. The van der Waals surface area contributed by atoms with Crippen molar-refractivity contribution in [2.75, 3.05) is 5.32 Å². The van der Waals surface area contributed by atoms with E-state index < -0.39 is 17.2 Å². The van der Waals surface area contributed by atoms with E-state index in [1.165, 1.54) is 6.07 Å². The van der Waals surface area contributed by atoms with Crippen LogP contribution in [-0.4, -0.2) is 10.9 Å². The minimum Gasteiger partial charge on any atom is -0.301 e. The van der Waals surface area contributed by atoms with Crippen molar-refractivity contribution in [3.63, 3.8) is 0 Å². The molecule has 1 aliphatic rings. The van der Waals surface area contributed by atoms with Gasteiger partial charge in [-0.25, -0.2) is 4.98 Å². The summed E-state index contributed by atoms with van der Waals surface area (Å²) in [6.07, 6.45) is 0.489. The standard InChI is InChI=1S/C16H17F3N2OS/c1-15(7-3-2-4-8-15)13(22)21-14-20-11-6-5-10(16(17,18)19)9-12(11)23-14/h5-6,9H,2-4,7-8H2,1H3,(H,20,21,22). The van der Waals surface area contributed by atoms with Crippen LogP contribution in [0.5, 0.6) is 0 Å². The summed E-state index contributed by atoms with van der Waals surface area (Å²) in [5.41, 5.74) is -0.648. The SMILES string of the molecule is CC1(C(=O)Nc2nc3ccc(C(F)(F)F)cc3s2)CCCCC1. The topological polar surface area (TPSA) is 42.0 Å². The van der Waals surface area contributed by atoms with Crippen molar-refractivity contribution in [1.82, 2.24) is 4.98 Å². The van der Waals surface area contributed by atoms with Crippen molar-refractivity contribution in [1.29, 1.82) is 0 Å². The van der Waals surface area contributed by atoms with Crippen LogP contribution in [0.15, 0.2) is 18.2 Å². The van der Waals surface area contributed by atoms with E-state index in [0.717, 1.165) is 55.6 Å². The molecule has 0 aliphatic heterocycles. The highest BCUT2D eigenvalue weighted by Crippen LogP contribution is 2.38. The van der Waals surface area contributed by atoms with E-state index in [2.05, 4.69) is 10.3 Å². The Bertz CT molecular complexity index is 732. The lowest BCUT2D eigenvalue weighted by Gasteiger charge is -2.31. The predicted molar refractivity (Wildman–Crippen MR) is 84.4 cm³/mol. The summed E-state index contributed by atoms with van der Waals surface area (Å²) in [6.45, 7) is 1.94. The first-order valence-electron chi connectivity index (χ1n) is 7.57. The molecule has 1 aromatic carbocycles. The molecule has 0 atom stereocenters. The van der Waals surface area contributed by atoms with Gasteiger partial charge < -0.3 is 5.32 Å². The maximum Gasteiger partial charge on any atom is 0.416 e. The van der Waals surface area contributed by atoms with Gasteiger partial charge in [-0.2, -0.15) is 13.2 Å². The number of nitrogens with zero attached hydrogens (tertiary/aromatic N) is 1.